The first kappa shape index (κ1) is 16.0. The first-order valence-corrected chi connectivity index (χ1v) is 8.36. The van der Waals surface area contributed by atoms with E-state index in [0.29, 0.717) is 18.9 Å². The molecule has 0 aliphatic heterocycles. The number of hydrogen-bond acceptors (Lipinski definition) is 4. The summed E-state index contributed by atoms with van der Waals surface area (Å²) in [5, 5.41) is 21.6. The largest absolute Gasteiger partial charge is 0.494 e. The zero-order valence-corrected chi connectivity index (χ0v) is 14.0. The lowest BCUT2D eigenvalue weighted by molar-refractivity contribution is 0.274. The Kier molecular flexibility index (Phi) is 4.19. The lowest BCUT2D eigenvalue weighted by Gasteiger charge is -2.09. The van der Waals surface area contributed by atoms with E-state index < -0.39 is 0 Å². The molecule has 4 aromatic rings. The van der Waals surface area contributed by atoms with Crippen LogP contribution in [0.1, 0.15) is 0 Å². The first-order chi connectivity index (χ1) is 12.7. The fourth-order valence-electron chi connectivity index (χ4n) is 2.92. The zero-order chi connectivity index (χ0) is 17.9. The van der Waals surface area contributed by atoms with Gasteiger partial charge in [-0.05, 0) is 29.0 Å². The number of hydrogen-bond donors (Lipinski definition) is 2. The smallest absolute Gasteiger partial charge is 0.193 e. The second-order valence-corrected chi connectivity index (χ2v) is 5.99. The Morgan fingerprint density at radius 1 is 0.846 bits per heavy atom. The van der Waals surface area contributed by atoms with Gasteiger partial charge in [-0.25, -0.2) is 0 Å². The minimum atomic E-state index is 0.0101. The van der Waals surface area contributed by atoms with E-state index in [2.05, 4.69) is 35.3 Å². The zero-order valence-electron chi connectivity index (χ0n) is 14.0. The van der Waals surface area contributed by atoms with Crippen LogP contribution in [0, 0.1) is 0 Å². The molecular weight excluding hydrogens is 328 g/mol. The molecule has 0 spiro atoms. The minimum Gasteiger partial charge on any atom is -0.494 e. The Morgan fingerprint density at radius 2 is 1.62 bits per heavy atom. The van der Waals surface area contributed by atoms with Crippen molar-refractivity contribution in [2.75, 3.05) is 6.61 Å². The lowest BCUT2D eigenvalue weighted by atomic mass is 10.0. The highest BCUT2D eigenvalue weighted by Crippen LogP contribution is 2.24. The van der Waals surface area contributed by atoms with Crippen molar-refractivity contribution in [3.63, 3.8) is 0 Å². The van der Waals surface area contributed by atoms with E-state index in [1.54, 1.807) is 6.20 Å². The quantitative estimate of drug-likeness (QED) is 0.568. The molecule has 2 aromatic heterocycles. The van der Waals surface area contributed by atoms with Gasteiger partial charge in [0.15, 0.2) is 11.8 Å². The number of aromatic hydroxyl groups is 2. The van der Waals surface area contributed by atoms with E-state index in [1.807, 2.05) is 24.3 Å². The number of nitrogens with zero attached hydrogens (tertiary/aromatic N) is 2. The summed E-state index contributed by atoms with van der Waals surface area (Å²) in [6.45, 7) is 0.657. The van der Waals surface area contributed by atoms with Crippen molar-refractivity contribution in [1.29, 1.82) is 0 Å². The molecule has 0 atom stereocenters. The fraction of sp³-hybridized carbons (Fsp3) is 0.0952. The summed E-state index contributed by atoms with van der Waals surface area (Å²) >= 11 is 0. The Balaban J connectivity index is 1.44. The maximum Gasteiger partial charge on any atom is 0.193 e. The maximum absolute atomic E-state index is 9.60. The fourth-order valence-corrected chi connectivity index (χ4v) is 2.92. The van der Waals surface area contributed by atoms with Gasteiger partial charge in [-0.2, -0.15) is 0 Å². The summed E-state index contributed by atoms with van der Waals surface area (Å²) in [6.07, 6.45) is 1.68. The average molecular weight is 346 g/mol. The van der Waals surface area contributed by atoms with Crippen LogP contribution in [0.3, 0.4) is 0 Å². The van der Waals surface area contributed by atoms with Crippen molar-refractivity contribution < 1.29 is 14.9 Å². The number of ether oxygens (including phenoxy) is 1. The third-order valence-corrected chi connectivity index (χ3v) is 4.30. The van der Waals surface area contributed by atoms with Gasteiger partial charge in [0, 0.05) is 17.7 Å². The predicted octanol–water partition coefficient (Wildman–Crippen LogP) is 4.19. The molecule has 0 saturated heterocycles. The summed E-state index contributed by atoms with van der Waals surface area (Å²) in [4.78, 5) is 4.48. The van der Waals surface area contributed by atoms with Gasteiger partial charge in [-0.15, -0.1) is 0 Å². The summed E-state index contributed by atoms with van der Waals surface area (Å²) in [5.74, 6) is 0.660. The van der Waals surface area contributed by atoms with Crippen LogP contribution < -0.4 is 4.74 Å². The van der Waals surface area contributed by atoms with Gasteiger partial charge in [-0.3, -0.25) is 9.55 Å². The molecular formula is C21H18N2O3. The van der Waals surface area contributed by atoms with Crippen LogP contribution in [0.2, 0.25) is 0 Å². The van der Waals surface area contributed by atoms with Gasteiger partial charge >= 0.3 is 0 Å². The number of benzene rings is 2. The molecule has 0 radical (unpaired) electrons. The molecule has 0 bridgehead atoms. The summed E-state index contributed by atoms with van der Waals surface area (Å²) in [6, 6.07) is 21.2. The standard InChI is InChI=1S/C21H18N2O3/c24-20-9-10-21(25)23(20)11-12-26-18-7-8-19(22-14-18)17-6-5-15-3-1-2-4-16(15)13-17/h1-10,13-14,24-25H,11-12H2. The van der Waals surface area contributed by atoms with Gasteiger partial charge in [-0.1, -0.05) is 36.4 Å². The molecule has 0 aliphatic rings. The van der Waals surface area contributed by atoms with Crippen molar-refractivity contribution in [1.82, 2.24) is 9.55 Å². The first-order valence-electron chi connectivity index (χ1n) is 8.36. The highest BCUT2D eigenvalue weighted by molar-refractivity contribution is 5.86. The molecule has 26 heavy (non-hydrogen) atoms. The summed E-state index contributed by atoms with van der Waals surface area (Å²) < 4.78 is 7.02. The van der Waals surface area contributed by atoms with E-state index >= 15 is 0 Å². The van der Waals surface area contributed by atoms with Crippen LogP contribution in [-0.2, 0) is 6.54 Å². The molecule has 0 amide bonds. The third kappa shape index (κ3) is 3.19. The van der Waals surface area contributed by atoms with Gasteiger partial charge in [0.05, 0.1) is 18.4 Å². The molecule has 5 heteroatoms. The van der Waals surface area contributed by atoms with E-state index in [0.717, 1.165) is 11.3 Å². The summed E-state index contributed by atoms with van der Waals surface area (Å²) in [5.41, 5.74) is 1.93. The molecule has 0 fully saturated rings. The Morgan fingerprint density at radius 3 is 2.35 bits per heavy atom. The summed E-state index contributed by atoms with van der Waals surface area (Å²) in [7, 11) is 0. The van der Waals surface area contributed by atoms with Crippen molar-refractivity contribution in [3.05, 3.63) is 72.9 Å². The van der Waals surface area contributed by atoms with Gasteiger partial charge < -0.3 is 14.9 Å². The Bertz CT molecular complexity index is 1020. The Labute approximate surface area is 150 Å². The highest BCUT2D eigenvalue weighted by atomic mass is 16.5. The average Bonchev–Trinajstić information content (AvgIpc) is 3.00. The third-order valence-electron chi connectivity index (χ3n) is 4.30. The normalized spacial score (nSPS) is 10.9. The highest BCUT2D eigenvalue weighted by Gasteiger charge is 2.06. The van der Waals surface area contributed by atoms with E-state index in [-0.39, 0.29) is 11.8 Å². The molecule has 2 N–H and O–H groups in total. The second kappa shape index (κ2) is 6.80. The predicted molar refractivity (Wildman–Crippen MR) is 100 cm³/mol. The molecule has 0 unspecified atom stereocenters. The van der Waals surface area contributed by atoms with E-state index in [4.69, 9.17) is 4.74 Å². The topological polar surface area (TPSA) is 67.5 Å². The van der Waals surface area contributed by atoms with Crippen molar-refractivity contribution in [3.8, 4) is 28.8 Å². The Hall–Kier alpha value is -3.47. The lowest BCUT2D eigenvalue weighted by Crippen LogP contribution is -2.07. The number of rotatable bonds is 5. The van der Waals surface area contributed by atoms with Crippen LogP contribution in [-0.4, -0.2) is 26.4 Å². The SMILES string of the molecule is Oc1ccc(O)n1CCOc1ccc(-c2ccc3ccccc3c2)nc1. The maximum atomic E-state index is 9.60. The van der Waals surface area contributed by atoms with Gasteiger partial charge in [0.25, 0.3) is 0 Å². The molecule has 0 aliphatic carbocycles. The van der Waals surface area contributed by atoms with Gasteiger partial charge in [0.1, 0.15) is 12.4 Å². The molecule has 5 nitrogen and oxygen atoms in total. The van der Waals surface area contributed by atoms with Gasteiger partial charge in [0.2, 0.25) is 0 Å². The van der Waals surface area contributed by atoms with Crippen LogP contribution in [0.15, 0.2) is 72.9 Å². The number of aromatic nitrogens is 2. The second-order valence-electron chi connectivity index (χ2n) is 5.99. The van der Waals surface area contributed by atoms with E-state index in [1.165, 1.54) is 27.5 Å². The van der Waals surface area contributed by atoms with Crippen molar-refractivity contribution in [2.45, 2.75) is 6.54 Å². The molecule has 2 aromatic carbocycles. The minimum absolute atomic E-state index is 0.0101. The molecule has 4 rings (SSSR count). The van der Waals surface area contributed by atoms with E-state index in [9.17, 15) is 10.2 Å². The monoisotopic (exact) mass is 346 g/mol. The van der Waals surface area contributed by atoms with Crippen LogP contribution in [0.25, 0.3) is 22.0 Å². The number of fused-ring (bicyclic) bond motifs is 1. The van der Waals surface area contributed by atoms with Crippen molar-refractivity contribution in [2.24, 2.45) is 0 Å². The molecule has 0 saturated carbocycles. The van der Waals surface area contributed by atoms with Crippen molar-refractivity contribution >= 4 is 10.8 Å². The number of pyridine rings is 1. The van der Waals surface area contributed by atoms with Crippen LogP contribution >= 0.6 is 0 Å². The molecule has 130 valence electrons. The van der Waals surface area contributed by atoms with Crippen LogP contribution in [0.5, 0.6) is 17.5 Å². The van der Waals surface area contributed by atoms with Crippen LogP contribution in [0.4, 0.5) is 0 Å². The molecule has 2 heterocycles.